The minimum atomic E-state index is -0.0936. The molecule has 2 unspecified atom stereocenters. The van der Waals surface area contributed by atoms with Gasteiger partial charge in [-0.25, -0.2) is 15.0 Å². The summed E-state index contributed by atoms with van der Waals surface area (Å²) in [5, 5.41) is 1.23. The Morgan fingerprint density at radius 3 is 1.57 bits per heavy atom. The standard InChI is InChI=1S/C51H34N4O/c1-4-12-33(13-5-1)34-20-24-37(25-21-34)50-52-49(36-14-6-2-7-15-36)53-51(54-50)38-26-22-35(23-27-38)39-28-31-46-43(32-39)41-29-30-45-47(48(41)56-46)42-18-10-11-19-44(42)55(45)40-16-8-3-9-17-40/h1-32,41,48H. The van der Waals surface area contributed by atoms with Crippen molar-refractivity contribution in [3.8, 4) is 67.9 Å². The molecule has 1 aliphatic heterocycles. The van der Waals surface area contributed by atoms with E-state index in [9.17, 15) is 0 Å². The fourth-order valence-electron chi connectivity index (χ4n) is 8.31. The topological polar surface area (TPSA) is 52.8 Å². The molecule has 7 aromatic carbocycles. The van der Waals surface area contributed by atoms with Gasteiger partial charge < -0.3 is 9.30 Å². The number of aromatic nitrogens is 4. The Morgan fingerprint density at radius 1 is 0.446 bits per heavy atom. The van der Waals surface area contributed by atoms with Gasteiger partial charge in [0.05, 0.1) is 11.2 Å². The second kappa shape index (κ2) is 13.2. The summed E-state index contributed by atoms with van der Waals surface area (Å²) in [5.41, 5.74) is 13.4. The van der Waals surface area contributed by atoms with Crippen molar-refractivity contribution in [2.75, 3.05) is 0 Å². The normalized spacial score (nSPS) is 15.2. The van der Waals surface area contributed by atoms with Crippen molar-refractivity contribution in [1.29, 1.82) is 0 Å². The van der Waals surface area contributed by atoms with Crippen LogP contribution in [-0.2, 0) is 0 Å². The van der Waals surface area contributed by atoms with E-state index in [1.54, 1.807) is 0 Å². The van der Waals surface area contributed by atoms with Gasteiger partial charge in [0.25, 0.3) is 0 Å². The van der Waals surface area contributed by atoms with Gasteiger partial charge in [-0.3, -0.25) is 0 Å². The third kappa shape index (κ3) is 5.44. The molecule has 11 rings (SSSR count). The van der Waals surface area contributed by atoms with E-state index in [1.165, 1.54) is 33.3 Å². The molecule has 0 spiro atoms. The number of benzene rings is 7. The van der Waals surface area contributed by atoms with Crippen LogP contribution in [0.5, 0.6) is 5.75 Å². The summed E-state index contributed by atoms with van der Waals surface area (Å²) >= 11 is 0. The van der Waals surface area contributed by atoms with Crippen LogP contribution in [-0.4, -0.2) is 19.5 Å². The van der Waals surface area contributed by atoms with Crippen LogP contribution in [0.2, 0.25) is 0 Å². The van der Waals surface area contributed by atoms with Crippen LogP contribution in [0.3, 0.4) is 0 Å². The van der Waals surface area contributed by atoms with Crippen molar-refractivity contribution >= 4 is 17.0 Å². The molecule has 56 heavy (non-hydrogen) atoms. The Kier molecular flexibility index (Phi) is 7.56. The van der Waals surface area contributed by atoms with Gasteiger partial charge in [0.1, 0.15) is 11.9 Å². The first kappa shape index (κ1) is 32.1. The lowest BCUT2D eigenvalue weighted by Crippen LogP contribution is -2.13. The maximum atomic E-state index is 6.80. The van der Waals surface area contributed by atoms with E-state index in [2.05, 4.69) is 162 Å². The zero-order valence-electron chi connectivity index (χ0n) is 30.3. The molecule has 0 fully saturated rings. The van der Waals surface area contributed by atoms with Crippen LogP contribution in [0.25, 0.3) is 79.1 Å². The van der Waals surface area contributed by atoms with Crippen molar-refractivity contribution in [2.45, 2.75) is 12.0 Å². The van der Waals surface area contributed by atoms with Crippen molar-refractivity contribution in [1.82, 2.24) is 19.5 Å². The molecule has 2 aliphatic rings. The number of hydrogen-bond donors (Lipinski definition) is 0. The van der Waals surface area contributed by atoms with Crippen LogP contribution in [0.15, 0.2) is 188 Å². The number of fused-ring (bicyclic) bond motifs is 7. The lowest BCUT2D eigenvalue weighted by Gasteiger charge is -2.22. The zero-order chi connectivity index (χ0) is 37.0. The predicted molar refractivity (Wildman–Crippen MR) is 225 cm³/mol. The first-order valence-corrected chi connectivity index (χ1v) is 19.0. The van der Waals surface area contributed by atoms with E-state index in [4.69, 9.17) is 19.7 Å². The second-order valence-electron chi connectivity index (χ2n) is 14.4. The molecule has 2 atom stereocenters. The quantitative estimate of drug-likeness (QED) is 0.172. The highest BCUT2D eigenvalue weighted by Gasteiger charge is 2.40. The van der Waals surface area contributed by atoms with Crippen LogP contribution >= 0.6 is 0 Å². The van der Waals surface area contributed by atoms with Gasteiger partial charge in [0.2, 0.25) is 0 Å². The molecule has 5 nitrogen and oxygen atoms in total. The molecule has 0 radical (unpaired) electrons. The van der Waals surface area contributed by atoms with Crippen LogP contribution < -0.4 is 4.74 Å². The number of hydrogen-bond acceptors (Lipinski definition) is 4. The van der Waals surface area contributed by atoms with Gasteiger partial charge in [-0.1, -0.05) is 158 Å². The molecule has 5 heteroatoms. The van der Waals surface area contributed by atoms with Gasteiger partial charge in [0.15, 0.2) is 17.5 Å². The minimum absolute atomic E-state index is 0.0936. The molecule has 9 aromatic rings. The van der Waals surface area contributed by atoms with Crippen molar-refractivity contribution in [2.24, 2.45) is 0 Å². The molecular formula is C51H34N4O. The summed E-state index contributed by atoms with van der Waals surface area (Å²) in [6.07, 6.45) is 4.51. The van der Waals surface area contributed by atoms with Crippen molar-refractivity contribution < 1.29 is 4.74 Å². The van der Waals surface area contributed by atoms with E-state index in [0.29, 0.717) is 17.5 Å². The zero-order valence-corrected chi connectivity index (χ0v) is 30.3. The highest BCUT2D eigenvalue weighted by Crippen LogP contribution is 2.53. The summed E-state index contributed by atoms with van der Waals surface area (Å²) in [6, 6.07) is 63.3. The summed E-state index contributed by atoms with van der Waals surface area (Å²) in [6.45, 7) is 0. The van der Waals surface area contributed by atoms with Gasteiger partial charge >= 0.3 is 0 Å². The summed E-state index contributed by atoms with van der Waals surface area (Å²) in [5.74, 6) is 2.98. The van der Waals surface area contributed by atoms with Crippen LogP contribution in [0.1, 0.15) is 28.8 Å². The fourth-order valence-corrected chi connectivity index (χ4v) is 8.31. The minimum Gasteiger partial charge on any atom is -0.484 e. The van der Waals surface area contributed by atoms with E-state index in [-0.39, 0.29) is 12.0 Å². The molecule has 0 bridgehead atoms. The molecule has 0 amide bonds. The average molecular weight is 719 g/mol. The first-order valence-electron chi connectivity index (χ1n) is 19.0. The first-order chi connectivity index (χ1) is 27.7. The molecule has 3 heterocycles. The van der Waals surface area contributed by atoms with E-state index in [1.807, 2.05) is 36.4 Å². The predicted octanol–water partition coefficient (Wildman–Crippen LogP) is 12.4. The maximum absolute atomic E-state index is 6.80. The van der Waals surface area contributed by atoms with Gasteiger partial charge in [-0.2, -0.15) is 0 Å². The smallest absolute Gasteiger partial charge is 0.164 e. The Morgan fingerprint density at radius 2 is 0.929 bits per heavy atom. The summed E-state index contributed by atoms with van der Waals surface area (Å²) in [7, 11) is 0. The lowest BCUT2D eigenvalue weighted by molar-refractivity contribution is 0.224. The van der Waals surface area contributed by atoms with Crippen LogP contribution in [0.4, 0.5) is 0 Å². The molecular weight excluding hydrogens is 685 g/mol. The van der Waals surface area contributed by atoms with E-state index < -0.39 is 0 Å². The van der Waals surface area contributed by atoms with Crippen molar-refractivity contribution in [3.05, 3.63) is 205 Å². The Hall–Kier alpha value is -7.37. The van der Waals surface area contributed by atoms with Gasteiger partial charge in [0, 0.05) is 44.8 Å². The highest BCUT2D eigenvalue weighted by molar-refractivity contribution is 5.92. The van der Waals surface area contributed by atoms with Crippen molar-refractivity contribution in [3.63, 3.8) is 0 Å². The Bertz CT molecular complexity index is 2920. The Labute approximate surface area is 324 Å². The second-order valence-corrected chi connectivity index (χ2v) is 14.4. The SMILES string of the molecule is C1=CC2c3cc(-c4ccc(-c5nc(-c6ccccc6)nc(-c6ccc(-c7ccccc7)cc6)n5)cc4)ccc3OC2c2c1n(-c1ccccc1)c1ccccc21. The molecule has 2 aromatic heterocycles. The largest absolute Gasteiger partial charge is 0.484 e. The number of rotatable bonds is 6. The highest BCUT2D eigenvalue weighted by atomic mass is 16.5. The molecule has 0 saturated heterocycles. The number of ether oxygens (including phenoxy) is 1. The fraction of sp³-hybridized carbons (Fsp3) is 0.0392. The van der Waals surface area contributed by atoms with Gasteiger partial charge in [-0.05, 0) is 58.7 Å². The summed E-state index contributed by atoms with van der Waals surface area (Å²) in [4.78, 5) is 14.9. The number of para-hydroxylation sites is 2. The van der Waals surface area contributed by atoms with Crippen LogP contribution in [0, 0.1) is 0 Å². The molecule has 0 saturated carbocycles. The van der Waals surface area contributed by atoms with E-state index in [0.717, 1.165) is 44.8 Å². The van der Waals surface area contributed by atoms with Gasteiger partial charge in [-0.15, -0.1) is 0 Å². The lowest BCUT2D eigenvalue weighted by atomic mass is 9.85. The third-order valence-electron chi connectivity index (χ3n) is 11.1. The average Bonchev–Trinajstić information content (AvgIpc) is 3.83. The third-order valence-corrected chi connectivity index (χ3v) is 11.1. The molecule has 1 aliphatic carbocycles. The summed E-state index contributed by atoms with van der Waals surface area (Å²) < 4.78 is 9.16. The Balaban J connectivity index is 0.922. The molecule has 264 valence electrons. The monoisotopic (exact) mass is 718 g/mol. The molecule has 0 N–H and O–H groups in total. The maximum Gasteiger partial charge on any atom is 0.164 e. The van der Waals surface area contributed by atoms with E-state index >= 15 is 0 Å². The number of nitrogens with zero attached hydrogens (tertiary/aromatic N) is 4.